The number of aromatic nitrogens is 2. The van der Waals surface area contributed by atoms with Crippen molar-refractivity contribution in [1.82, 2.24) is 9.78 Å². The maximum absolute atomic E-state index is 14.1. The lowest BCUT2D eigenvalue weighted by atomic mass is 9.83. The third-order valence-corrected chi connectivity index (χ3v) is 4.76. The molecule has 1 N–H and O–H groups in total. The number of hydrogen-bond acceptors (Lipinski definition) is 2. The fourth-order valence-corrected chi connectivity index (χ4v) is 3.22. The number of nitrogens with zero attached hydrogens (tertiary/aromatic N) is 2. The third-order valence-electron chi connectivity index (χ3n) is 4.76. The van der Waals surface area contributed by atoms with Gasteiger partial charge in [0.2, 0.25) is 5.95 Å². The minimum atomic E-state index is -0.614. The van der Waals surface area contributed by atoms with Gasteiger partial charge in [-0.05, 0) is 36.8 Å². The van der Waals surface area contributed by atoms with Crippen LogP contribution in [0, 0.1) is 18.8 Å². The average Bonchev–Trinajstić information content (AvgIpc) is 2.81. The molecule has 2 aromatic rings. The van der Waals surface area contributed by atoms with E-state index >= 15 is 0 Å². The summed E-state index contributed by atoms with van der Waals surface area (Å²) in [6.45, 7) is 8.18. The second-order valence-corrected chi connectivity index (χ2v) is 6.32. The Morgan fingerprint density at radius 3 is 2.50 bits per heavy atom. The van der Waals surface area contributed by atoms with Crippen LogP contribution in [0.15, 0.2) is 24.3 Å². The average molecular weight is 331 g/mol. The normalized spacial score (nSPS) is 13.6. The van der Waals surface area contributed by atoms with Crippen molar-refractivity contribution in [1.29, 1.82) is 0 Å². The van der Waals surface area contributed by atoms with E-state index in [1.807, 2.05) is 24.3 Å². The summed E-state index contributed by atoms with van der Waals surface area (Å²) < 4.78 is 15.2. The van der Waals surface area contributed by atoms with Crippen LogP contribution in [0.5, 0.6) is 0 Å². The summed E-state index contributed by atoms with van der Waals surface area (Å²) in [5.41, 5.74) is 2.24. The quantitative estimate of drug-likeness (QED) is 0.837. The van der Waals surface area contributed by atoms with Gasteiger partial charge in [0.05, 0.1) is 5.69 Å². The maximum Gasteiger partial charge on any atom is 0.262 e. The van der Waals surface area contributed by atoms with Crippen LogP contribution < -0.4 is 5.32 Å². The van der Waals surface area contributed by atoms with Gasteiger partial charge < -0.3 is 5.32 Å². The molecule has 1 aromatic carbocycles. The number of nitrogens with one attached hydrogen (secondary N) is 1. The first kappa shape index (κ1) is 18.2. The van der Waals surface area contributed by atoms with Gasteiger partial charge in [0, 0.05) is 12.7 Å². The molecule has 0 fully saturated rings. The van der Waals surface area contributed by atoms with Gasteiger partial charge in [-0.1, -0.05) is 45.4 Å². The zero-order valence-corrected chi connectivity index (χ0v) is 15.1. The van der Waals surface area contributed by atoms with Gasteiger partial charge in [-0.3, -0.25) is 4.79 Å². The number of carbonyl (C=O) groups excluding carboxylic acids is 1. The van der Waals surface area contributed by atoms with Gasteiger partial charge in [-0.25, -0.2) is 4.68 Å². The van der Waals surface area contributed by atoms with Crippen LogP contribution in [-0.2, 0) is 7.05 Å². The van der Waals surface area contributed by atoms with E-state index in [-0.39, 0.29) is 5.56 Å². The third kappa shape index (κ3) is 3.50. The summed E-state index contributed by atoms with van der Waals surface area (Å²) in [6.07, 6.45) is 2.05. The summed E-state index contributed by atoms with van der Waals surface area (Å²) >= 11 is 0. The highest BCUT2D eigenvalue weighted by molar-refractivity contribution is 6.05. The minimum Gasteiger partial charge on any atom is -0.322 e. The molecule has 2 unspecified atom stereocenters. The van der Waals surface area contributed by atoms with E-state index in [9.17, 15) is 9.18 Å². The van der Waals surface area contributed by atoms with Crippen LogP contribution in [0.4, 0.5) is 10.1 Å². The number of rotatable bonds is 6. The molecule has 0 saturated heterocycles. The molecule has 0 radical (unpaired) electrons. The van der Waals surface area contributed by atoms with Crippen LogP contribution in [0.3, 0.4) is 0 Å². The zero-order chi connectivity index (χ0) is 17.9. The van der Waals surface area contributed by atoms with Crippen molar-refractivity contribution in [2.24, 2.45) is 13.0 Å². The molecule has 0 bridgehead atoms. The van der Waals surface area contributed by atoms with Gasteiger partial charge >= 0.3 is 0 Å². The van der Waals surface area contributed by atoms with Crippen molar-refractivity contribution < 1.29 is 9.18 Å². The number of para-hydroxylation sites is 1. The molecule has 2 rings (SSSR count). The first-order chi connectivity index (χ1) is 11.4. The Morgan fingerprint density at radius 1 is 1.29 bits per heavy atom. The first-order valence-electron chi connectivity index (χ1n) is 8.49. The monoisotopic (exact) mass is 331 g/mol. The molecule has 130 valence electrons. The lowest BCUT2D eigenvalue weighted by molar-refractivity contribution is 0.102. The van der Waals surface area contributed by atoms with Crippen molar-refractivity contribution in [2.45, 2.75) is 46.5 Å². The highest BCUT2D eigenvalue weighted by Gasteiger charge is 2.23. The van der Waals surface area contributed by atoms with E-state index in [0.29, 0.717) is 17.5 Å². The number of hydrogen-bond donors (Lipinski definition) is 1. The van der Waals surface area contributed by atoms with Crippen molar-refractivity contribution in [2.75, 3.05) is 5.32 Å². The Bertz CT molecular complexity index is 723. The minimum absolute atomic E-state index is 0.00360. The molecule has 2 atom stereocenters. The standard InChI is InChI=1S/C19H26FN3O/c1-6-12(3)14(7-2)15-10-8-9-11-16(15)21-19(24)17-13(4)22-23(5)18(17)20/h8-12,14H,6-7H2,1-5H3,(H,21,24). The lowest BCUT2D eigenvalue weighted by Gasteiger charge is -2.24. The number of carbonyl (C=O) groups is 1. The van der Waals surface area contributed by atoms with Gasteiger partial charge in [0.15, 0.2) is 0 Å². The zero-order valence-electron chi connectivity index (χ0n) is 15.1. The predicted octanol–water partition coefficient (Wildman–Crippen LogP) is 4.66. The van der Waals surface area contributed by atoms with Crippen LogP contribution in [0.2, 0.25) is 0 Å². The molecule has 0 saturated carbocycles. The summed E-state index contributed by atoms with van der Waals surface area (Å²) in [4.78, 5) is 12.6. The SMILES string of the molecule is CCC(C)C(CC)c1ccccc1NC(=O)c1c(C)nn(C)c1F. The van der Waals surface area contributed by atoms with E-state index in [0.717, 1.165) is 28.8 Å². The largest absolute Gasteiger partial charge is 0.322 e. The molecule has 24 heavy (non-hydrogen) atoms. The maximum atomic E-state index is 14.1. The fraction of sp³-hybridized carbons (Fsp3) is 0.474. The molecule has 1 heterocycles. The molecular formula is C19H26FN3O. The highest BCUT2D eigenvalue weighted by Crippen LogP contribution is 2.34. The first-order valence-corrected chi connectivity index (χ1v) is 8.49. The van der Waals surface area contributed by atoms with Gasteiger partial charge in [0.1, 0.15) is 5.56 Å². The molecule has 0 aliphatic rings. The van der Waals surface area contributed by atoms with Gasteiger partial charge in [-0.15, -0.1) is 0 Å². The van der Waals surface area contributed by atoms with E-state index in [2.05, 4.69) is 31.2 Å². The Balaban J connectivity index is 2.35. The molecule has 1 aromatic heterocycles. The molecule has 0 aliphatic carbocycles. The second-order valence-electron chi connectivity index (χ2n) is 6.32. The summed E-state index contributed by atoms with van der Waals surface area (Å²) in [6, 6.07) is 7.78. The van der Waals surface area contributed by atoms with Crippen LogP contribution in [-0.4, -0.2) is 15.7 Å². The topological polar surface area (TPSA) is 46.9 Å². The summed E-state index contributed by atoms with van der Waals surface area (Å²) in [5.74, 6) is -0.211. The number of anilines is 1. The fourth-order valence-electron chi connectivity index (χ4n) is 3.22. The van der Waals surface area contributed by atoms with E-state index in [4.69, 9.17) is 0 Å². The van der Waals surface area contributed by atoms with E-state index in [1.165, 1.54) is 7.05 Å². The van der Waals surface area contributed by atoms with Crippen molar-refractivity contribution >= 4 is 11.6 Å². The summed E-state index contributed by atoms with van der Waals surface area (Å²) in [7, 11) is 1.49. The van der Waals surface area contributed by atoms with Crippen LogP contribution in [0.1, 0.15) is 61.1 Å². The van der Waals surface area contributed by atoms with Crippen molar-refractivity contribution in [3.05, 3.63) is 47.0 Å². The Kier molecular flexibility index (Phi) is 5.75. The van der Waals surface area contributed by atoms with E-state index < -0.39 is 11.9 Å². The van der Waals surface area contributed by atoms with E-state index in [1.54, 1.807) is 6.92 Å². The smallest absolute Gasteiger partial charge is 0.262 e. The molecule has 1 amide bonds. The molecule has 5 heteroatoms. The molecule has 0 aliphatic heterocycles. The Hall–Kier alpha value is -2.17. The van der Waals surface area contributed by atoms with Crippen molar-refractivity contribution in [3.8, 4) is 0 Å². The molecule has 4 nitrogen and oxygen atoms in total. The highest BCUT2D eigenvalue weighted by atomic mass is 19.1. The molecular weight excluding hydrogens is 305 g/mol. The number of aryl methyl sites for hydroxylation is 2. The second kappa shape index (κ2) is 7.60. The molecule has 0 spiro atoms. The number of halogens is 1. The van der Waals surface area contributed by atoms with Crippen LogP contribution in [0.25, 0.3) is 0 Å². The lowest BCUT2D eigenvalue weighted by Crippen LogP contribution is -2.18. The number of benzene rings is 1. The van der Waals surface area contributed by atoms with Crippen LogP contribution >= 0.6 is 0 Å². The van der Waals surface area contributed by atoms with Crippen molar-refractivity contribution in [3.63, 3.8) is 0 Å². The Morgan fingerprint density at radius 2 is 1.96 bits per heavy atom. The Labute approximate surface area is 143 Å². The summed E-state index contributed by atoms with van der Waals surface area (Å²) in [5, 5.41) is 6.85. The number of amides is 1. The van der Waals surface area contributed by atoms with Gasteiger partial charge in [0.25, 0.3) is 5.91 Å². The van der Waals surface area contributed by atoms with Gasteiger partial charge in [-0.2, -0.15) is 9.49 Å². The predicted molar refractivity (Wildman–Crippen MR) is 94.8 cm³/mol.